The molecule has 24 heavy (non-hydrogen) atoms. The quantitative estimate of drug-likeness (QED) is 0.512. The van der Waals surface area contributed by atoms with Gasteiger partial charge in [-0.2, -0.15) is 0 Å². The molecule has 0 saturated heterocycles. The van der Waals surface area contributed by atoms with Crippen molar-refractivity contribution in [1.82, 2.24) is 4.90 Å². The summed E-state index contributed by atoms with van der Waals surface area (Å²) in [6.07, 6.45) is 0. The summed E-state index contributed by atoms with van der Waals surface area (Å²) < 4.78 is 15.2. The van der Waals surface area contributed by atoms with Gasteiger partial charge in [-0.1, -0.05) is 11.8 Å². The van der Waals surface area contributed by atoms with Gasteiger partial charge in [0.25, 0.3) is 0 Å². The van der Waals surface area contributed by atoms with Gasteiger partial charge in [-0.3, -0.25) is 0 Å². The fourth-order valence-corrected chi connectivity index (χ4v) is 4.47. The van der Waals surface area contributed by atoms with Crippen molar-refractivity contribution in [2.45, 2.75) is 20.8 Å². The van der Waals surface area contributed by atoms with Crippen LogP contribution in [0.1, 0.15) is 20.8 Å². The molecular weight excluding hydrogens is 354 g/mol. The Bertz CT molecular complexity index is 613. The van der Waals surface area contributed by atoms with Crippen LogP contribution in [0.25, 0.3) is 0 Å². The number of hydrogen-bond donors (Lipinski definition) is 0. The van der Waals surface area contributed by atoms with Crippen molar-refractivity contribution in [2.24, 2.45) is 0 Å². The number of ether oxygens (including phenoxy) is 3. The average Bonchev–Trinajstić information content (AvgIpc) is 2.95. The molecule has 0 saturated carbocycles. The highest BCUT2D eigenvalue weighted by molar-refractivity contribution is 8.10. The highest BCUT2D eigenvalue weighted by Gasteiger charge is 2.42. The van der Waals surface area contributed by atoms with Crippen molar-refractivity contribution in [1.29, 1.82) is 0 Å². The lowest BCUT2D eigenvalue weighted by atomic mass is 10.3. The van der Waals surface area contributed by atoms with Gasteiger partial charge in [0, 0.05) is 12.3 Å². The standard InChI is InChI=1S/C15H19NO6S2/c1-4-20-13(17)9-10(14(18)21-5-2)24-12-11(15(19)22-6-3)23-8-7-16(9)12/h4-8H2,1-3H3. The Labute approximate surface area is 148 Å². The van der Waals surface area contributed by atoms with Crippen LogP contribution in [0.15, 0.2) is 20.5 Å². The van der Waals surface area contributed by atoms with Crippen LogP contribution in [-0.4, -0.2) is 54.9 Å². The van der Waals surface area contributed by atoms with Gasteiger partial charge in [0.2, 0.25) is 0 Å². The van der Waals surface area contributed by atoms with Crippen molar-refractivity contribution in [3.8, 4) is 0 Å². The molecule has 132 valence electrons. The summed E-state index contributed by atoms with van der Waals surface area (Å²) in [5.41, 5.74) is 0.136. The zero-order chi connectivity index (χ0) is 17.7. The van der Waals surface area contributed by atoms with E-state index in [0.29, 0.717) is 22.2 Å². The minimum absolute atomic E-state index is 0.136. The molecule has 0 radical (unpaired) electrons. The van der Waals surface area contributed by atoms with E-state index < -0.39 is 17.9 Å². The molecule has 0 aromatic heterocycles. The average molecular weight is 373 g/mol. The number of carbonyl (C=O) groups excluding carboxylic acids is 3. The molecular formula is C15H19NO6S2. The van der Waals surface area contributed by atoms with Crippen LogP contribution >= 0.6 is 23.5 Å². The van der Waals surface area contributed by atoms with E-state index in [1.165, 1.54) is 11.8 Å². The Morgan fingerprint density at radius 3 is 2.04 bits per heavy atom. The molecule has 0 amide bonds. The topological polar surface area (TPSA) is 82.1 Å². The number of carbonyl (C=O) groups is 3. The van der Waals surface area contributed by atoms with Gasteiger partial charge in [0.1, 0.15) is 20.5 Å². The summed E-state index contributed by atoms with van der Waals surface area (Å²) in [5.74, 6) is -1.06. The zero-order valence-corrected chi connectivity index (χ0v) is 15.4. The van der Waals surface area contributed by atoms with E-state index in [2.05, 4.69) is 0 Å². The predicted octanol–water partition coefficient (Wildman–Crippen LogP) is 1.85. The van der Waals surface area contributed by atoms with Gasteiger partial charge in [-0.05, 0) is 20.8 Å². The van der Waals surface area contributed by atoms with Crippen molar-refractivity contribution in [3.05, 3.63) is 20.5 Å². The largest absolute Gasteiger partial charge is 0.462 e. The van der Waals surface area contributed by atoms with Crippen molar-refractivity contribution < 1.29 is 28.6 Å². The lowest BCUT2D eigenvalue weighted by Gasteiger charge is -2.27. The minimum atomic E-state index is -0.599. The second-order valence-corrected chi connectivity index (χ2v) is 6.68. The molecule has 0 unspecified atom stereocenters. The van der Waals surface area contributed by atoms with Crippen molar-refractivity contribution in [3.63, 3.8) is 0 Å². The van der Waals surface area contributed by atoms with E-state index in [1.54, 1.807) is 25.7 Å². The maximum Gasteiger partial charge on any atom is 0.356 e. The molecule has 0 fully saturated rings. The van der Waals surface area contributed by atoms with E-state index in [4.69, 9.17) is 14.2 Å². The normalized spacial score (nSPS) is 16.9. The Balaban J connectivity index is 2.44. The summed E-state index contributed by atoms with van der Waals surface area (Å²) in [5, 5.41) is 0.524. The molecule has 0 aromatic carbocycles. The van der Waals surface area contributed by atoms with E-state index in [-0.39, 0.29) is 30.4 Å². The zero-order valence-electron chi connectivity index (χ0n) is 13.7. The van der Waals surface area contributed by atoms with E-state index in [1.807, 2.05) is 0 Å². The minimum Gasteiger partial charge on any atom is -0.462 e. The Morgan fingerprint density at radius 1 is 0.917 bits per heavy atom. The van der Waals surface area contributed by atoms with Crippen molar-refractivity contribution >= 4 is 41.4 Å². The predicted molar refractivity (Wildman–Crippen MR) is 90.7 cm³/mol. The van der Waals surface area contributed by atoms with Gasteiger partial charge in [0.05, 0.1) is 19.8 Å². The van der Waals surface area contributed by atoms with Gasteiger partial charge < -0.3 is 19.1 Å². The second kappa shape index (κ2) is 8.48. The molecule has 2 heterocycles. The fraction of sp³-hybridized carbons (Fsp3) is 0.533. The van der Waals surface area contributed by atoms with Crippen LogP contribution in [0.3, 0.4) is 0 Å². The molecule has 0 N–H and O–H groups in total. The van der Waals surface area contributed by atoms with Crippen LogP contribution in [-0.2, 0) is 28.6 Å². The Kier molecular flexibility index (Phi) is 6.61. The molecule has 0 aromatic rings. The summed E-state index contributed by atoms with van der Waals surface area (Å²) >= 11 is 2.41. The van der Waals surface area contributed by atoms with Crippen LogP contribution in [0.2, 0.25) is 0 Å². The number of esters is 3. The summed E-state index contributed by atoms with van der Waals surface area (Å²) in [4.78, 5) is 38.9. The third kappa shape index (κ3) is 3.72. The first-order valence-corrected chi connectivity index (χ1v) is 9.43. The molecule has 0 spiro atoms. The number of nitrogens with zero attached hydrogens (tertiary/aromatic N) is 1. The lowest BCUT2D eigenvalue weighted by Crippen LogP contribution is -2.31. The van der Waals surface area contributed by atoms with Crippen LogP contribution in [0, 0.1) is 0 Å². The molecule has 7 nitrogen and oxygen atoms in total. The van der Waals surface area contributed by atoms with Gasteiger partial charge in [0.15, 0.2) is 0 Å². The van der Waals surface area contributed by atoms with Crippen LogP contribution < -0.4 is 0 Å². The SMILES string of the molecule is CCOC(=O)C1=C2SC(C(=O)OCC)=C(C(=O)OCC)N2CCS1. The van der Waals surface area contributed by atoms with E-state index in [9.17, 15) is 14.4 Å². The smallest absolute Gasteiger partial charge is 0.356 e. The number of hydrogen-bond acceptors (Lipinski definition) is 9. The van der Waals surface area contributed by atoms with E-state index in [0.717, 1.165) is 11.8 Å². The Hall–Kier alpha value is -1.61. The summed E-state index contributed by atoms with van der Waals surface area (Å²) in [6, 6.07) is 0. The highest BCUT2D eigenvalue weighted by atomic mass is 32.2. The molecule has 2 rings (SSSR count). The fourth-order valence-electron chi connectivity index (χ4n) is 2.19. The lowest BCUT2D eigenvalue weighted by molar-refractivity contribution is -0.142. The number of thioether (sulfide) groups is 2. The molecule has 2 aliphatic heterocycles. The molecule has 9 heteroatoms. The molecule has 2 aliphatic rings. The molecule has 0 atom stereocenters. The first kappa shape index (κ1) is 18.7. The third-order valence-electron chi connectivity index (χ3n) is 3.07. The van der Waals surface area contributed by atoms with Gasteiger partial charge in [-0.15, -0.1) is 11.8 Å². The van der Waals surface area contributed by atoms with Crippen LogP contribution in [0.5, 0.6) is 0 Å². The van der Waals surface area contributed by atoms with Crippen molar-refractivity contribution in [2.75, 3.05) is 32.1 Å². The van der Waals surface area contributed by atoms with Gasteiger partial charge in [-0.25, -0.2) is 14.4 Å². The monoisotopic (exact) mass is 373 g/mol. The Morgan fingerprint density at radius 2 is 1.46 bits per heavy atom. The first-order valence-electron chi connectivity index (χ1n) is 7.63. The second-order valence-electron chi connectivity index (χ2n) is 4.58. The third-order valence-corrected chi connectivity index (χ3v) is 5.42. The molecule has 0 bridgehead atoms. The van der Waals surface area contributed by atoms with Gasteiger partial charge >= 0.3 is 17.9 Å². The number of rotatable bonds is 6. The number of fused-ring (bicyclic) bond motifs is 1. The summed E-state index contributed by atoms with van der Waals surface area (Å²) in [6.45, 7) is 6.23. The molecule has 0 aliphatic carbocycles. The van der Waals surface area contributed by atoms with Crippen LogP contribution in [0.4, 0.5) is 0 Å². The van der Waals surface area contributed by atoms with E-state index >= 15 is 0 Å². The summed E-state index contributed by atoms with van der Waals surface area (Å²) in [7, 11) is 0. The maximum absolute atomic E-state index is 12.3. The highest BCUT2D eigenvalue weighted by Crippen LogP contribution is 2.48. The first-order chi connectivity index (χ1) is 11.5. The maximum atomic E-state index is 12.3.